The average molecular weight is 338 g/mol. The van der Waals surface area contributed by atoms with Crippen molar-refractivity contribution in [3.63, 3.8) is 0 Å². The van der Waals surface area contributed by atoms with Crippen molar-refractivity contribution in [2.24, 2.45) is 11.8 Å². The van der Waals surface area contributed by atoms with E-state index in [0.29, 0.717) is 6.04 Å². The summed E-state index contributed by atoms with van der Waals surface area (Å²) in [5.74, 6) is 1.76. The monoisotopic (exact) mass is 337 g/mol. The van der Waals surface area contributed by atoms with Crippen LogP contribution in [0.1, 0.15) is 57.1 Å². The first-order chi connectivity index (χ1) is 9.47. The van der Waals surface area contributed by atoms with Gasteiger partial charge in [0.2, 0.25) is 0 Å². The van der Waals surface area contributed by atoms with Crippen molar-refractivity contribution < 1.29 is 0 Å². The van der Waals surface area contributed by atoms with Gasteiger partial charge in [-0.25, -0.2) is 0 Å². The molecule has 1 aliphatic rings. The van der Waals surface area contributed by atoms with Crippen molar-refractivity contribution in [1.82, 2.24) is 0 Å². The fourth-order valence-electron chi connectivity index (χ4n) is 3.44. The van der Waals surface area contributed by atoms with Crippen LogP contribution in [0.25, 0.3) is 0 Å². The van der Waals surface area contributed by atoms with Gasteiger partial charge >= 0.3 is 0 Å². The lowest BCUT2D eigenvalue weighted by molar-refractivity contribution is 0.341. The highest BCUT2D eigenvalue weighted by molar-refractivity contribution is 9.10. The number of halogens is 1. The van der Waals surface area contributed by atoms with E-state index >= 15 is 0 Å². The van der Waals surface area contributed by atoms with E-state index in [9.17, 15) is 0 Å². The van der Waals surface area contributed by atoms with Gasteiger partial charge in [-0.2, -0.15) is 0 Å². The molecule has 1 aliphatic carbocycles. The van der Waals surface area contributed by atoms with Crippen LogP contribution in [0.15, 0.2) is 16.6 Å². The van der Waals surface area contributed by atoms with Crippen LogP contribution in [0, 0.1) is 25.7 Å². The summed E-state index contributed by atoms with van der Waals surface area (Å²) in [6.45, 7) is 9.10. The van der Waals surface area contributed by atoms with Gasteiger partial charge in [-0.3, -0.25) is 0 Å². The van der Waals surface area contributed by atoms with Crippen LogP contribution in [0.3, 0.4) is 0 Å². The molecule has 2 heteroatoms. The molecule has 0 amide bonds. The number of rotatable bonds is 3. The number of anilines is 1. The fourth-order valence-corrected chi connectivity index (χ4v) is 4.23. The maximum Gasteiger partial charge on any atom is 0.0516 e. The van der Waals surface area contributed by atoms with Gasteiger partial charge in [0.25, 0.3) is 0 Å². The Bertz CT molecular complexity index is 430. The zero-order valence-electron chi connectivity index (χ0n) is 13.3. The van der Waals surface area contributed by atoms with Crippen molar-refractivity contribution in [3.05, 3.63) is 27.7 Å². The summed E-state index contributed by atoms with van der Waals surface area (Å²) < 4.78 is 1.21. The topological polar surface area (TPSA) is 12.0 Å². The van der Waals surface area contributed by atoms with E-state index in [0.717, 1.165) is 11.8 Å². The Balaban J connectivity index is 2.04. The first kappa shape index (κ1) is 15.9. The van der Waals surface area contributed by atoms with Gasteiger partial charge in [-0.05, 0) is 78.1 Å². The van der Waals surface area contributed by atoms with E-state index in [1.54, 1.807) is 0 Å². The first-order valence-corrected chi connectivity index (χ1v) is 8.80. The number of aryl methyl sites for hydroxylation is 2. The van der Waals surface area contributed by atoms with Crippen molar-refractivity contribution >= 4 is 21.6 Å². The lowest BCUT2D eigenvalue weighted by Crippen LogP contribution is -2.19. The van der Waals surface area contributed by atoms with Crippen LogP contribution in [0.2, 0.25) is 0 Å². The second-order valence-corrected chi connectivity index (χ2v) is 7.65. The van der Waals surface area contributed by atoms with Gasteiger partial charge in [0.1, 0.15) is 0 Å². The molecule has 2 atom stereocenters. The summed E-state index contributed by atoms with van der Waals surface area (Å²) in [6.07, 6.45) is 6.76. The Labute approximate surface area is 132 Å². The molecule has 0 heterocycles. The van der Waals surface area contributed by atoms with E-state index in [1.807, 2.05) is 0 Å². The van der Waals surface area contributed by atoms with Crippen LogP contribution in [0.5, 0.6) is 0 Å². The lowest BCUT2D eigenvalue weighted by Gasteiger charge is -2.22. The van der Waals surface area contributed by atoms with E-state index in [4.69, 9.17) is 0 Å². The molecule has 0 aliphatic heterocycles. The Morgan fingerprint density at radius 2 is 1.85 bits per heavy atom. The normalized spacial score (nSPS) is 23.7. The number of hydrogen-bond donors (Lipinski definition) is 1. The molecule has 2 rings (SSSR count). The highest BCUT2D eigenvalue weighted by Crippen LogP contribution is 2.33. The third-order valence-electron chi connectivity index (χ3n) is 4.74. The maximum absolute atomic E-state index is 3.80. The molecule has 1 saturated carbocycles. The van der Waals surface area contributed by atoms with E-state index < -0.39 is 0 Å². The molecule has 20 heavy (non-hydrogen) atoms. The molecule has 0 saturated heterocycles. The summed E-state index contributed by atoms with van der Waals surface area (Å²) >= 11 is 3.72. The second-order valence-electron chi connectivity index (χ2n) is 6.79. The van der Waals surface area contributed by atoms with E-state index in [2.05, 4.69) is 61.1 Å². The van der Waals surface area contributed by atoms with E-state index in [-0.39, 0.29) is 0 Å². The van der Waals surface area contributed by atoms with Gasteiger partial charge in [-0.15, -0.1) is 0 Å². The van der Waals surface area contributed by atoms with Gasteiger partial charge < -0.3 is 5.32 Å². The van der Waals surface area contributed by atoms with Crippen LogP contribution in [-0.4, -0.2) is 6.04 Å². The quantitative estimate of drug-likeness (QED) is 0.658. The minimum Gasteiger partial charge on any atom is -0.381 e. The first-order valence-electron chi connectivity index (χ1n) is 8.00. The number of benzene rings is 1. The van der Waals surface area contributed by atoms with Crippen LogP contribution in [0.4, 0.5) is 5.69 Å². The molecule has 1 aromatic carbocycles. The second kappa shape index (κ2) is 6.98. The molecular formula is C18H28BrN. The summed E-state index contributed by atoms with van der Waals surface area (Å²) in [5, 5.41) is 3.80. The third kappa shape index (κ3) is 4.00. The molecule has 0 radical (unpaired) electrons. The maximum atomic E-state index is 3.80. The summed E-state index contributed by atoms with van der Waals surface area (Å²) in [5.41, 5.74) is 3.96. The summed E-state index contributed by atoms with van der Waals surface area (Å²) in [6, 6.07) is 5.11. The van der Waals surface area contributed by atoms with E-state index in [1.165, 1.54) is 53.4 Å². The van der Waals surface area contributed by atoms with Crippen molar-refractivity contribution in [2.75, 3.05) is 5.32 Å². The smallest absolute Gasteiger partial charge is 0.0516 e. The van der Waals surface area contributed by atoms with Gasteiger partial charge in [-0.1, -0.05) is 32.8 Å². The molecule has 0 spiro atoms. The fraction of sp³-hybridized carbons (Fsp3) is 0.667. The molecule has 1 fully saturated rings. The van der Waals surface area contributed by atoms with Gasteiger partial charge in [0.05, 0.1) is 5.69 Å². The van der Waals surface area contributed by atoms with Crippen molar-refractivity contribution in [2.45, 2.75) is 65.8 Å². The molecular weight excluding hydrogens is 310 g/mol. The predicted molar refractivity (Wildman–Crippen MR) is 92.4 cm³/mol. The molecule has 1 aromatic rings. The van der Waals surface area contributed by atoms with Gasteiger partial charge in [0.15, 0.2) is 0 Å². The molecule has 0 aromatic heterocycles. The lowest BCUT2D eigenvalue weighted by atomic mass is 9.89. The number of nitrogens with one attached hydrogen (secondary N) is 1. The SMILES string of the molecule is Cc1cc(C)c(NC2CCCC(C(C)C)CC2)c(Br)c1. The highest BCUT2D eigenvalue weighted by atomic mass is 79.9. The number of hydrogen-bond acceptors (Lipinski definition) is 1. The van der Waals surface area contributed by atoms with Crippen LogP contribution in [-0.2, 0) is 0 Å². The minimum atomic E-state index is 0.636. The molecule has 1 nitrogen and oxygen atoms in total. The molecule has 1 N–H and O–H groups in total. The standard InChI is InChI=1S/C18H28BrN/c1-12(2)15-6-5-7-16(9-8-15)20-18-14(4)10-13(3)11-17(18)19/h10-12,15-16,20H,5-9H2,1-4H3. The molecule has 0 bridgehead atoms. The Hall–Kier alpha value is -0.500. The van der Waals surface area contributed by atoms with Crippen LogP contribution >= 0.6 is 15.9 Å². The third-order valence-corrected chi connectivity index (χ3v) is 5.36. The zero-order valence-corrected chi connectivity index (χ0v) is 14.9. The minimum absolute atomic E-state index is 0.636. The van der Waals surface area contributed by atoms with Crippen molar-refractivity contribution in [3.8, 4) is 0 Å². The Kier molecular flexibility index (Phi) is 5.54. The highest BCUT2D eigenvalue weighted by Gasteiger charge is 2.21. The Morgan fingerprint density at radius 3 is 2.50 bits per heavy atom. The molecule has 112 valence electrons. The molecule has 2 unspecified atom stereocenters. The Morgan fingerprint density at radius 1 is 1.10 bits per heavy atom. The largest absolute Gasteiger partial charge is 0.381 e. The zero-order chi connectivity index (χ0) is 14.7. The predicted octanol–water partition coefficient (Wildman–Crippen LogP) is 6.08. The summed E-state index contributed by atoms with van der Waals surface area (Å²) in [7, 11) is 0. The summed E-state index contributed by atoms with van der Waals surface area (Å²) in [4.78, 5) is 0. The van der Waals surface area contributed by atoms with Gasteiger partial charge in [0, 0.05) is 10.5 Å². The van der Waals surface area contributed by atoms with Crippen molar-refractivity contribution in [1.29, 1.82) is 0 Å². The van der Waals surface area contributed by atoms with Crippen LogP contribution < -0.4 is 5.32 Å². The average Bonchev–Trinajstić information content (AvgIpc) is 2.59.